The minimum atomic E-state index is -0.369. The van der Waals surface area contributed by atoms with Crippen molar-refractivity contribution in [2.75, 3.05) is 25.1 Å². The standard InChI is InChI=1S/C23H27N3O4/c1-30-19-8-5-16(6-9-19)11-12-24-23(27)20-15-17-14-18(26(28)29)7-10-21(17)25-13-3-2-4-22(20)25/h5-10,14,20,22H,2-4,11-13,15H2,1H3,(H,24,27). The van der Waals surface area contributed by atoms with Crippen molar-refractivity contribution in [2.24, 2.45) is 5.92 Å². The summed E-state index contributed by atoms with van der Waals surface area (Å²) in [5, 5.41) is 14.3. The number of ether oxygens (including phenoxy) is 1. The van der Waals surface area contributed by atoms with Gasteiger partial charge in [-0.3, -0.25) is 14.9 Å². The highest BCUT2D eigenvalue weighted by atomic mass is 16.6. The van der Waals surface area contributed by atoms with Gasteiger partial charge < -0.3 is 15.0 Å². The fraction of sp³-hybridized carbons (Fsp3) is 0.435. The number of anilines is 1. The molecule has 30 heavy (non-hydrogen) atoms. The van der Waals surface area contributed by atoms with Crippen LogP contribution < -0.4 is 15.0 Å². The predicted octanol–water partition coefficient (Wildman–Crippen LogP) is 3.49. The predicted molar refractivity (Wildman–Crippen MR) is 115 cm³/mol. The van der Waals surface area contributed by atoms with Gasteiger partial charge in [-0.25, -0.2) is 0 Å². The minimum Gasteiger partial charge on any atom is -0.497 e. The second kappa shape index (κ2) is 8.73. The maximum absolute atomic E-state index is 13.1. The first-order valence-electron chi connectivity index (χ1n) is 10.5. The van der Waals surface area contributed by atoms with E-state index in [4.69, 9.17) is 4.74 Å². The highest BCUT2D eigenvalue weighted by molar-refractivity contribution is 5.82. The summed E-state index contributed by atoms with van der Waals surface area (Å²) in [6.45, 7) is 1.46. The van der Waals surface area contributed by atoms with E-state index in [1.54, 1.807) is 19.2 Å². The van der Waals surface area contributed by atoms with Crippen LogP contribution in [0.3, 0.4) is 0 Å². The Labute approximate surface area is 176 Å². The van der Waals surface area contributed by atoms with Gasteiger partial charge in [0.05, 0.1) is 18.0 Å². The van der Waals surface area contributed by atoms with E-state index in [0.29, 0.717) is 13.0 Å². The van der Waals surface area contributed by atoms with E-state index in [9.17, 15) is 14.9 Å². The lowest BCUT2D eigenvalue weighted by atomic mass is 9.80. The Morgan fingerprint density at radius 3 is 2.77 bits per heavy atom. The molecule has 2 aliphatic rings. The molecule has 1 fully saturated rings. The highest BCUT2D eigenvalue weighted by Crippen LogP contribution is 2.39. The maximum Gasteiger partial charge on any atom is 0.269 e. The van der Waals surface area contributed by atoms with Crippen LogP contribution >= 0.6 is 0 Å². The van der Waals surface area contributed by atoms with Gasteiger partial charge in [-0.05, 0) is 61.4 Å². The molecule has 1 amide bonds. The minimum absolute atomic E-state index is 0.0394. The summed E-state index contributed by atoms with van der Waals surface area (Å²) in [5.74, 6) is 0.670. The molecule has 0 spiro atoms. The molecule has 2 atom stereocenters. The molecule has 0 saturated carbocycles. The maximum atomic E-state index is 13.1. The third kappa shape index (κ3) is 4.10. The average molecular weight is 409 g/mol. The van der Waals surface area contributed by atoms with Crippen LogP contribution in [-0.4, -0.2) is 37.1 Å². The monoisotopic (exact) mass is 409 g/mol. The largest absolute Gasteiger partial charge is 0.497 e. The number of fused-ring (bicyclic) bond motifs is 3. The molecule has 7 heteroatoms. The number of carbonyl (C=O) groups is 1. The Morgan fingerprint density at radius 1 is 1.23 bits per heavy atom. The molecule has 158 valence electrons. The molecule has 2 aromatic carbocycles. The Balaban J connectivity index is 1.46. The molecule has 2 aliphatic heterocycles. The number of hydrogen-bond donors (Lipinski definition) is 1. The van der Waals surface area contributed by atoms with Gasteiger partial charge in [-0.1, -0.05) is 12.1 Å². The summed E-state index contributed by atoms with van der Waals surface area (Å²) in [7, 11) is 1.64. The fourth-order valence-corrected chi connectivity index (χ4v) is 4.70. The quantitative estimate of drug-likeness (QED) is 0.583. The zero-order valence-corrected chi connectivity index (χ0v) is 17.2. The molecule has 4 rings (SSSR count). The molecular formula is C23H27N3O4. The van der Waals surface area contributed by atoms with Gasteiger partial charge in [0.15, 0.2) is 0 Å². The Bertz CT molecular complexity index is 929. The normalized spacial score (nSPS) is 20.1. The first kappa shape index (κ1) is 20.2. The van der Waals surface area contributed by atoms with Crippen LogP contribution in [-0.2, 0) is 17.6 Å². The number of carbonyl (C=O) groups excluding carboxylic acids is 1. The first-order chi connectivity index (χ1) is 14.6. The van der Waals surface area contributed by atoms with Gasteiger partial charge >= 0.3 is 0 Å². The van der Waals surface area contributed by atoms with E-state index in [1.165, 1.54) is 0 Å². The summed E-state index contributed by atoms with van der Waals surface area (Å²) in [5.41, 5.74) is 3.17. The molecular weight excluding hydrogens is 382 g/mol. The fourth-order valence-electron chi connectivity index (χ4n) is 4.70. The molecule has 0 aliphatic carbocycles. The van der Waals surface area contributed by atoms with Crippen molar-refractivity contribution in [1.29, 1.82) is 0 Å². The lowest BCUT2D eigenvalue weighted by Gasteiger charge is -2.45. The van der Waals surface area contributed by atoms with Gasteiger partial charge in [-0.2, -0.15) is 0 Å². The highest BCUT2D eigenvalue weighted by Gasteiger charge is 2.39. The van der Waals surface area contributed by atoms with E-state index >= 15 is 0 Å². The summed E-state index contributed by atoms with van der Waals surface area (Å²) in [4.78, 5) is 26.2. The van der Waals surface area contributed by atoms with Crippen LogP contribution in [0.25, 0.3) is 0 Å². The van der Waals surface area contributed by atoms with Crippen molar-refractivity contribution >= 4 is 17.3 Å². The van der Waals surface area contributed by atoms with Gasteiger partial charge in [0.2, 0.25) is 5.91 Å². The van der Waals surface area contributed by atoms with Crippen LogP contribution in [0.4, 0.5) is 11.4 Å². The lowest BCUT2D eigenvalue weighted by Crippen LogP contribution is -2.53. The molecule has 0 bridgehead atoms. The second-order valence-electron chi connectivity index (χ2n) is 8.03. The zero-order chi connectivity index (χ0) is 21.1. The SMILES string of the molecule is COc1ccc(CCNC(=O)C2Cc3cc([N+](=O)[O-])ccc3N3CCCCC23)cc1. The van der Waals surface area contributed by atoms with Crippen LogP contribution in [0.2, 0.25) is 0 Å². The van der Waals surface area contributed by atoms with Gasteiger partial charge in [0.1, 0.15) is 5.75 Å². The summed E-state index contributed by atoms with van der Waals surface area (Å²) >= 11 is 0. The van der Waals surface area contributed by atoms with E-state index in [-0.39, 0.29) is 28.5 Å². The van der Waals surface area contributed by atoms with Crippen LogP contribution in [0, 0.1) is 16.0 Å². The number of non-ortho nitro benzene ring substituents is 1. The molecule has 0 aromatic heterocycles. The first-order valence-corrected chi connectivity index (χ1v) is 10.5. The van der Waals surface area contributed by atoms with E-state index in [2.05, 4.69) is 10.2 Å². The van der Waals surface area contributed by atoms with Crippen molar-refractivity contribution in [3.63, 3.8) is 0 Å². The molecule has 7 nitrogen and oxygen atoms in total. The molecule has 2 heterocycles. The third-order valence-electron chi connectivity index (χ3n) is 6.25. The molecule has 2 unspecified atom stereocenters. The number of hydrogen-bond acceptors (Lipinski definition) is 5. The zero-order valence-electron chi connectivity index (χ0n) is 17.2. The number of amides is 1. The number of nitrogens with one attached hydrogen (secondary N) is 1. The number of piperidine rings is 1. The molecule has 1 saturated heterocycles. The van der Waals surface area contributed by atoms with Crippen LogP contribution in [0.5, 0.6) is 5.75 Å². The number of benzene rings is 2. The summed E-state index contributed by atoms with van der Waals surface area (Å²) < 4.78 is 5.18. The van der Waals surface area contributed by atoms with Crippen molar-refractivity contribution in [3.05, 3.63) is 63.7 Å². The number of nitro benzene ring substituents is 1. The molecule has 1 N–H and O–H groups in total. The van der Waals surface area contributed by atoms with E-state index in [1.807, 2.05) is 30.3 Å². The van der Waals surface area contributed by atoms with Gasteiger partial charge in [0.25, 0.3) is 5.69 Å². The van der Waals surface area contributed by atoms with E-state index < -0.39 is 0 Å². The number of nitro groups is 1. The van der Waals surface area contributed by atoms with Crippen LogP contribution in [0.1, 0.15) is 30.4 Å². The average Bonchev–Trinajstić information content (AvgIpc) is 2.78. The van der Waals surface area contributed by atoms with Crippen LogP contribution in [0.15, 0.2) is 42.5 Å². The molecule has 0 radical (unpaired) electrons. The Kier molecular flexibility index (Phi) is 5.88. The number of methoxy groups -OCH3 is 1. The third-order valence-corrected chi connectivity index (χ3v) is 6.25. The summed E-state index contributed by atoms with van der Waals surface area (Å²) in [6, 6.07) is 13.1. The lowest BCUT2D eigenvalue weighted by molar-refractivity contribution is -0.384. The van der Waals surface area contributed by atoms with Crippen molar-refractivity contribution in [2.45, 2.75) is 38.1 Å². The van der Waals surface area contributed by atoms with Gasteiger partial charge in [-0.15, -0.1) is 0 Å². The molecule has 2 aromatic rings. The summed E-state index contributed by atoms with van der Waals surface area (Å²) in [6.07, 6.45) is 4.47. The second-order valence-corrected chi connectivity index (χ2v) is 8.03. The van der Waals surface area contributed by atoms with E-state index in [0.717, 1.165) is 54.8 Å². The smallest absolute Gasteiger partial charge is 0.269 e. The topological polar surface area (TPSA) is 84.7 Å². The van der Waals surface area contributed by atoms with Crippen molar-refractivity contribution in [3.8, 4) is 5.75 Å². The number of nitrogens with zero attached hydrogens (tertiary/aromatic N) is 2. The van der Waals surface area contributed by atoms with Crippen molar-refractivity contribution < 1.29 is 14.5 Å². The Hall–Kier alpha value is -3.09. The Morgan fingerprint density at radius 2 is 2.03 bits per heavy atom. The van der Waals surface area contributed by atoms with Gasteiger partial charge in [0, 0.05) is 37.0 Å². The van der Waals surface area contributed by atoms with Crippen molar-refractivity contribution in [1.82, 2.24) is 5.32 Å². The number of rotatable bonds is 6.